The van der Waals surface area contributed by atoms with Gasteiger partial charge in [0.1, 0.15) is 5.82 Å². The van der Waals surface area contributed by atoms with E-state index in [9.17, 15) is 9.18 Å². The number of para-hydroxylation sites is 1. The summed E-state index contributed by atoms with van der Waals surface area (Å²) in [6, 6.07) is 13.0. The van der Waals surface area contributed by atoms with Crippen molar-refractivity contribution in [2.45, 2.75) is 19.3 Å². The summed E-state index contributed by atoms with van der Waals surface area (Å²) in [5.74, 6) is -0.708. The number of carbonyl (C=O) groups excluding carboxylic acids is 1. The third kappa shape index (κ3) is 4.71. The number of aryl methyl sites for hydroxylation is 1. The van der Waals surface area contributed by atoms with E-state index in [0.29, 0.717) is 12.1 Å². The largest absolute Gasteiger partial charge is 0.379 e. The minimum absolute atomic E-state index is 0.0700. The maximum absolute atomic E-state index is 14.8. The van der Waals surface area contributed by atoms with Gasteiger partial charge in [-0.3, -0.25) is 9.69 Å². The van der Waals surface area contributed by atoms with Gasteiger partial charge < -0.3 is 15.0 Å². The Labute approximate surface area is 176 Å². The van der Waals surface area contributed by atoms with Crippen LogP contribution in [0.2, 0.25) is 0 Å². The summed E-state index contributed by atoms with van der Waals surface area (Å²) in [5.41, 5.74) is 3.46. The molecule has 3 aromatic rings. The van der Waals surface area contributed by atoms with Crippen LogP contribution in [0.3, 0.4) is 0 Å². The van der Waals surface area contributed by atoms with Gasteiger partial charge in [-0.05, 0) is 30.2 Å². The van der Waals surface area contributed by atoms with Crippen LogP contribution < -0.4 is 5.32 Å². The first-order chi connectivity index (χ1) is 14.6. The summed E-state index contributed by atoms with van der Waals surface area (Å²) >= 11 is 0. The summed E-state index contributed by atoms with van der Waals surface area (Å²) in [5, 5.41) is 4.04. The Hall–Kier alpha value is -2.70. The van der Waals surface area contributed by atoms with Crippen molar-refractivity contribution in [1.82, 2.24) is 15.2 Å². The molecule has 4 rings (SSSR count). The molecule has 0 bridgehead atoms. The highest BCUT2D eigenvalue weighted by atomic mass is 19.1. The SMILES string of the molecule is Cc1ccc(F)c([C@H](CC(=O)NCCN2CCOCC2)c2c[nH]c3ccccc23)c1. The second kappa shape index (κ2) is 9.41. The van der Waals surface area contributed by atoms with Gasteiger partial charge in [0.2, 0.25) is 5.91 Å². The molecule has 1 aromatic heterocycles. The standard InChI is InChI=1S/C24H28FN3O2/c1-17-6-7-22(25)20(14-17)19(21-16-27-23-5-3-2-4-18(21)23)15-24(29)26-8-9-28-10-12-30-13-11-28/h2-7,14,16,19,27H,8-13,15H2,1H3,(H,26,29)/t19-/m0/s1. The van der Waals surface area contributed by atoms with Gasteiger partial charge in [-0.15, -0.1) is 0 Å². The Balaban J connectivity index is 1.53. The van der Waals surface area contributed by atoms with Crippen LogP contribution in [0.4, 0.5) is 4.39 Å². The number of fused-ring (bicyclic) bond motifs is 1. The van der Waals surface area contributed by atoms with Gasteiger partial charge in [-0.2, -0.15) is 0 Å². The molecule has 1 amide bonds. The summed E-state index contributed by atoms with van der Waals surface area (Å²) in [6.45, 7) is 6.58. The number of morpholine rings is 1. The lowest BCUT2D eigenvalue weighted by atomic mass is 9.87. The highest BCUT2D eigenvalue weighted by molar-refractivity contribution is 5.86. The van der Waals surface area contributed by atoms with Crippen LogP contribution in [0.15, 0.2) is 48.7 Å². The highest BCUT2D eigenvalue weighted by Gasteiger charge is 2.24. The lowest BCUT2D eigenvalue weighted by Gasteiger charge is -2.26. The Morgan fingerprint density at radius 3 is 2.83 bits per heavy atom. The van der Waals surface area contributed by atoms with E-state index in [1.165, 1.54) is 6.07 Å². The molecule has 158 valence electrons. The normalized spacial score (nSPS) is 15.9. The van der Waals surface area contributed by atoms with Gasteiger partial charge in [0.05, 0.1) is 13.2 Å². The molecular formula is C24H28FN3O2. The highest BCUT2D eigenvalue weighted by Crippen LogP contribution is 2.35. The van der Waals surface area contributed by atoms with Crippen LogP contribution in [-0.2, 0) is 9.53 Å². The summed E-state index contributed by atoms with van der Waals surface area (Å²) in [4.78, 5) is 18.3. The number of halogens is 1. The van der Waals surface area contributed by atoms with E-state index in [1.54, 1.807) is 6.07 Å². The number of carbonyl (C=O) groups is 1. The Bertz CT molecular complexity index is 1010. The predicted octanol–water partition coefficient (Wildman–Crippen LogP) is 3.59. The van der Waals surface area contributed by atoms with E-state index in [4.69, 9.17) is 4.74 Å². The Morgan fingerprint density at radius 1 is 1.20 bits per heavy atom. The van der Waals surface area contributed by atoms with Crippen molar-refractivity contribution in [3.8, 4) is 0 Å². The number of rotatable bonds is 7. The van der Waals surface area contributed by atoms with E-state index >= 15 is 0 Å². The van der Waals surface area contributed by atoms with Gasteiger partial charge in [0.25, 0.3) is 0 Å². The monoisotopic (exact) mass is 409 g/mol. The van der Waals surface area contributed by atoms with Gasteiger partial charge >= 0.3 is 0 Å². The summed E-state index contributed by atoms with van der Waals surface area (Å²) < 4.78 is 20.2. The summed E-state index contributed by atoms with van der Waals surface area (Å²) in [7, 11) is 0. The second-order valence-corrected chi connectivity index (χ2v) is 7.88. The average molecular weight is 410 g/mol. The zero-order valence-electron chi connectivity index (χ0n) is 17.3. The molecule has 2 aromatic carbocycles. The van der Waals surface area contributed by atoms with Crippen LogP contribution in [0.25, 0.3) is 10.9 Å². The number of aromatic nitrogens is 1. The molecule has 5 nitrogen and oxygen atoms in total. The van der Waals surface area contributed by atoms with Gasteiger partial charge in [0.15, 0.2) is 0 Å². The number of H-pyrrole nitrogens is 1. The molecule has 0 unspecified atom stereocenters. The molecule has 0 spiro atoms. The average Bonchev–Trinajstić information content (AvgIpc) is 3.19. The van der Waals surface area contributed by atoms with E-state index in [-0.39, 0.29) is 24.1 Å². The van der Waals surface area contributed by atoms with E-state index in [1.807, 2.05) is 43.5 Å². The number of amides is 1. The zero-order valence-corrected chi connectivity index (χ0v) is 17.3. The fourth-order valence-electron chi connectivity index (χ4n) is 4.14. The third-order valence-corrected chi connectivity index (χ3v) is 5.77. The van der Waals surface area contributed by atoms with Crippen molar-refractivity contribution >= 4 is 16.8 Å². The van der Waals surface area contributed by atoms with Crippen molar-refractivity contribution in [3.63, 3.8) is 0 Å². The smallest absolute Gasteiger partial charge is 0.220 e. The van der Waals surface area contributed by atoms with Crippen molar-refractivity contribution in [2.24, 2.45) is 0 Å². The first-order valence-corrected chi connectivity index (χ1v) is 10.5. The van der Waals surface area contributed by atoms with Crippen LogP contribution in [0, 0.1) is 12.7 Å². The lowest BCUT2D eigenvalue weighted by molar-refractivity contribution is -0.121. The second-order valence-electron chi connectivity index (χ2n) is 7.88. The number of hydrogen-bond acceptors (Lipinski definition) is 3. The van der Waals surface area contributed by atoms with Crippen molar-refractivity contribution in [1.29, 1.82) is 0 Å². The van der Waals surface area contributed by atoms with Crippen LogP contribution >= 0.6 is 0 Å². The molecule has 1 atom stereocenters. The first-order valence-electron chi connectivity index (χ1n) is 10.5. The molecule has 0 radical (unpaired) electrons. The molecule has 1 aliphatic rings. The van der Waals surface area contributed by atoms with Crippen LogP contribution in [0.1, 0.15) is 29.0 Å². The Morgan fingerprint density at radius 2 is 2.00 bits per heavy atom. The zero-order chi connectivity index (χ0) is 20.9. The fourth-order valence-corrected chi connectivity index (χ4v) is 4.14. The maximum Gasteiger partial charge on any atom is 0.220 e. The Kier molecular flexibility index (Phi) is 6.45. The molecule has 6 heteroatoms. The van der Waals surface area contributed by atoms with Crippen molar-refractivity contribution in [2.75, 3.05) is 39.4 Å². The molecule has 2 N–H and O–H groups in total. The molecule has 0 saturated carbocycles. The maximum atomic E-state index is 14.8. The molecule has 2 heterocycles. The molecule has 1 aliphatic heterocycles. The molecule has 0 aliphatic carbocycles. The molecule has 1 fully saturated rings. The number of aromatic amines is 1. The number of nitrogens with one attached hydrogen (secondary N) is 2. The number of ether oxygens (including phenoxy) is 1. The minimum Gasteiger partial charge on any atom is -0.379 e. The van der Waals surface area contributed by atoms with Crippen molar-refractivity contribution < 1.29 is 13.9 Å². The van der Waals surface area contributed by atoms with Gasteiger partial charge in [0, 0.05) is 55.6 Å². The van der Waals surface area contributed by atoms with Gasteiger partial charge in [-0.25, -0.2) is 4.39 Å². The molecule has 30 heavy (non-hydrogen) atoms. The van der Waals surface area contributed by atoms with E-state index in [0.717, 1.165) is 54.9 Å². The topological polar surface area (TPSA) is 57.4 Å². The predicted molar refractivity (Wildman–Crippen MR) is 116 cm³/mol. The van der Waals surface area contributed by atoms with E-state index in [2.05, 4.69) is 15.2 Å². The third-order valence-electron chi connectivity index (χ3n) is 5.77. The number of nitrogens with zero attached hydrogens (tertiary/aromatic N) is 1. The number of hydrogen-bond donors (Lipinski definition) is 2. The van der Waals surface area contributed by atoms with Crippen LogP contribution in [-0.4, -0.2) is 55.2 Å². The number of benzene rings is 2. The van der Waals surface area contributed by atoms with Crippen molar-refractivity contribution in [3.05, 3.63) is 71.2 Å². The quantitative estimate of drug-likeness (QED) is 0.627. The summed E-state index contributed by atoms with van der Waals surface area (Å²) in [6.07, 6.45) is 2.10. The van der Waals surface area contributed by atoms with Crippen LogP contribution in [0.5, 0.6) is 0 Å². The van der Waals surface area contributed by atoms with E-state index < -0.39 is 0 Å². The first kappa shape index (κ1) is 20.6. The fraction of sp³-hybridized carbons (Fsp3) is 0.375. The minimum atomic E-state index is -0.357. The van der Waals surface area contributed by atoms with Gasteiger partial charge in [-0.1, -0.05) is 35.9 Å². The lowest BCUT2D eigenvalue weighted by Crippen LogP contribution is -2.41. The molecule has 1 saturated heterocycles. The molecular weight excluding hydrogens is 381 g/mol.